The molecule has 0 aromatic carbocycles. The number of furan rings is 1. The predicted molar refractivity (Wildman–Crippen MR) is 64.4 cm³/mol. The molecular formula is C12H22N2O2. The monoisotopic (exact) mass is 226 g/mol. The topological polar surface area (TPSA) is 37.6 Å². The summed E-state index contributed by atoms with van der Waals surface area (Å²) in [6.07, 6.45) is 3.51. The van der Waals surface area contributed by atoms with Gasteiger partial charge in [0, 0.05) is 38.3 Å². The maximum atomic E-state index is 5.05. The number of methoxy groups -OCH3 is 1. The van der Waals surface area contributed by atoms with Crippen molar-refractivity contribution in [3.05, 3.63) is 24.2 Å². The van der Waals surface area contributed by atoms with E-state index in [1.165, 1.54) is 5.56 Å². The summed E-state index contributed by atoms with van der Waals surface area (Å²) >= 11 is 0. The van der Waals surface area contributed by atoms with E-state index in [1.54, 1.807) is 19.6 Å². The van der Waals surface area contributed by atoms with Gasteiger partial charge >= 0.3 is 0 Å². The van der Waals surface area contributed by atoms with Crippen LogP contribution in [0.2, 0.25) is 0 Å². The van der Waals surface area contributed by atoms with Gasteiger partial charge in [0.15, 0.2) is 0 Å². The first-order valence-electron chi connectivity index (χ1n) is 5.65. The fourth-order valence-corrected chi connectivity index (χ4v) is 1.47. The van der Waals surface area contributed by atoms with Gasteiger partial charge in [-0.2, -0.15) is 0 Å². The average molecular weight is 226 g/mol. The van der Waals surface area contributed by atoms with E-state index < -0.39 is 0 Å². The molecule has 1 unspecified atom stereocenters. The highest BCUT2D eigenvalue weighted by molar-refractivity contribution is 5.04. The van der Waals surface area contributed by atoms with Crippen LogP contribution < -0.4 is 5.32 Å². The molecule has 0 fully saturated rings. The van der Waals surface area contributed by atoms with E-state index in [2.05, 4.69) is 24.2 Å². The zero-order chi connectivity index (χ0) is 11.8. The maximum Gasteiger partial charge on any atom is 0.0947 e. The lowest BCUT2D eigenvalue weighted by Gasteiger charge is -2.24. The number of rotatable bonds is 8. The molecule has 4 nitrogen and oxygen atoms in total. The molecule has 0 saturated heterocycles. The summed E-state index contributed by atoms with van der Waals surface area (Å²) in [5.74, 6) is 0. The molecule has 0 spiro atoms. The van der Waals surface area contributed by atoms with Gasteiger partial charge < -0.3 is 14.5 Å². The third-order valence-corrected chi connectivity index (χ3v) is 2.69. The van der Waals surface area contributed by atoms with Crippen molar-refractivity contribution in [2.24, 2.45) is 0 Å². The van der Waals surface area contributed by atoms with E-state index in [1.807, 2.05) is 6.07 Å². The summed E-state index contributed by atoms with van der Waals surface area (Å²) in [6.45, 7) is 5.76. The minimum Gasteiger partial charge on any atom is -0.472 e. The van der Waals surface area contributed by atoms with E-state index in [9.17, 15) is 0 Å². The molecule has 0 aliphatic rings. The van der Waals surface area contributed by atoms with Crippen molar-refractivity contribution in [3.63, 3.8) is 0 Å². The van der Waals surface area contributed by atoms with Crippen molar-refractivity contribution >= 4 is 0 Å². The maximum absolute atomic E-state index is 5.05. The molecule has 0 bridgehead atoms. The van der Waals surface area contributed by atoms with E-state index >= 15 is 0 Å². The van der Waals surface area contributed by atoms with Crippen molar-refractivity contribution < 1.29 is 9.15 Å². The van der Waals surface area contributed by atoms with Crippen LogP contribution in [0.5, 0.6) is 0 Å². The van der Waals surface area contributed by atoms with Crippen molar-refractivity contribution in [2.75, 3.05) is 33.9 Å². The van der Waals surface area contributed by atoms with Gasteiger partial charge in [0.25, 0.3) is 0 Å². The standard InChI is InChI=1S/C12H22N2O2/c1-11(8-13-5-7-15-3)14(2)9-12-4-6-16-10-12/h4,6,10-11,13H,5,7-9H2,1-3H3. The van der Waals surface area contributed by atoms with Gasteiger partial charge in [0.2, 0.25) is 0 Å². The van der Waals surface area contributed by atoms with Crippen LogP contribution >= 0.6 is 0 Å². The Hall–Kier alpha value is -0.840. The number of likely N-dealkylation sites (N-methyl/N-ethyl adjacent to an activating group) is 1. The molecule has 4 heteroatoms. The van der Waals surface area contributed by atoms with Crippen LogP contribution in [-0.4, -0.2) is 44.8 Å². The summed E-state index contributed by atoms with van der Waals surface area (Å²) in [4.78, 5) is 2.30. The molecule has 1 N–H and O–H groups in total. The van der Waals surface area contributed by atoms with Crippen LogP contribution in [0.3, 0.4) is 0 Å². The highest BCUT2D eigenvalue weighted by atomic mass is 16.5. The Bertz CT molecular complexity index is 262. The molecule has 0 radical (unpaired) electrons. The van der Waals surface area contributed by atoms with Crippen LogP contribution in [0.1, 0.15) is 12.5 Å². The lowest BCUT2D eigenvalue weighted by Crippen LogP contribution is -2.38. The van der Waals surface area contributed by atoms with Crippen LogP contribution in [0, 0.1) is 0 Å². The number of nitrogens with one attached hydrogen (secondary N) is 1. The third-order valence-electron chi connectivity index (χ3n) is 2.69. The Balaban J connectivity index is 2.17. The smallest absolute Gasteiger partial charge is 0.0947 e. The molecule has 92 valence electrons. The van der Waals surface area contributed by atoms with Gasteiger partial charge in [-0.25, -0.2) is 0 Å². The van der Waals surface area contributed by atoms with Crippen molar-refractivity contribution in [1.29, 1.82) is 0 Å². The molecule has 1 aromatic rings. The Kier molecular flexibility index (Phi) is 6.15. The first-order valence-corrected chi connectivity index (χ1v) is 5.65. The lowest BCUT2D eigenvalue weighted by molar-refractivity contribution is 0.191. The molecule has 0 saturated carbocycles. The molecule has 1 rings (SSSR count). The van der Waals surface area contributed by atoms with Crippen LogP contribution in [0.4, 0.5) is 0 Å². The summed E-state index contributed by atoms with van der Waals surface area (Å²) in [7, 11) is 3.84. The van der Waals surface area contributed by atoms with Gasteiger partial charge in [0.1, 0.15) is 0 Å². The quantitative estimate of drug-likeness (QED) is 0.679. The molecule has 1 aromatic heterocycles. The summed E-state index contributed by atoms with van der Waals surface area (Å²) in [5.41, 5.74) is 1.21. The minimum atomic E-state index is 0.492. The fraction of sp³-hybridized carbons (Fsp3) is 0.667. The Labute approximate surface area is 97.6 Å². The fourth-order valence-electron chi connectivity index (χ4n) is 1.47. The molecule has 0 aliphatic carbocycles. The predicted octanol–water partition coefficient (Wildman–Crippen LogP) is 1.34. The van der Waals surface area contributed by atoms with E-state index in [4.69, 9.17) is 9.15 Å². The second kappa shape index (κ2) is 7.44. The normalized spacial score (nSPS) is 13.2. The van der Waals surface area contributed by atoms with Gasteiger partial charge in [-0.15, -0.1) is 0 Å². The van der Waals surface area contributed by atoms with Crippen molar-refractivity contribution in [1.82, 2.24) is 10.2 Å². The number of hydrogen-bond acceptors (Lipinski definition) is 4. The highest BCUT2D eigenvalue weighted by Gasteiger charge is 2.09. The molecule has 0 aliphatic heterocycles. The molecule has 16 heavy (non-hydrogen) atoms. The summed E-state index contributed by atoms with van der Waals surface area (Å²) < 4.78 is 10.0. The molecule has 1 heterocycles. The van der Waals surface area contributed by atoms with Gasteiger partial charge in [-0.05, 0) is 20.0 Å². The lowest BCUT2D eigenvalue weighted by atomic mass is 10.2. The summed E-state index contributed by atoms with van der Waals surface area (Å²) in [5, 5.41) is 3.36. The Morgan fingerprint density at radius 1 is 1.56 bits per heavy atom. The van der Waals surface area contributed by atoms with E-state index in [0.717, 1.165) is 26.2 Å². The molecule has 0 amide bonds. The van der Waals surface area contributed by atoms with Crippen molar-refractivity contribution in [3.8, 4) is 0 Å². The molecular weight excluding hydrogens is 204 g/mol. The van der Waals surface area contributed by atoms with Crippen LogP contribution in [0.25, 0.3) is 0 Å². The SMILES string of the molecule is COCCNCC(C)N(C)Cc1ccoc1. The third kappa shape index (κ3) is 4.79. The van der Waals surface area contributed by atoms with Crippen LogP contribution in [0.15, 0.2) is 23.0 Å². The Morgan fingerprint density at radius 2 is 2.38 bits per heavy atom. The minimum absolute atomic E-state index is 0.492. The molecule has 1 atom stereocenters. The van der Waals surface area contributed by atoms with Crippen LogP contribution in [-0.2, 0) is 11.3 Å². The Morgan fingerprint density at radius 3 is 3.00 bits per heavy atom. The van der Waals surface area contributed by atoms with E-state index in [-0.39, 0.29) is 0 Å². The number of ether oxygens (including phenoxy) is 1. The first-order chi connectivity index (χ1) is 7.74. The highest BCUT2D eigenvalue weighted by Crippen LogP contribution is 2.06. The number of nitrogens with zero attached hydrogens (tertiary/aromatic N) is 1. The van der Waals surface area contributed by atoms with Crippen molar-refractivity contribution in [2.45, 2.75) is 19.5 Å². The van der Waals surface area contributed by atoms with Gasteiger partial charge in [0.05, 0.1) is 19.1 Å². The average Bonchev–Trinajstić information content (AvgIpc) is 2.76. The van der Waals surface area contributed by atoms with Gasteiger partial charge in [-0.1, -0.05) is 0 Å². The second-order valence-corrected chi connectivity index (χ2v) is 4.09. The zero-order valence-corrected chi connectivity index (χ0v) is 10.4. The van der Waals surface area contributed by atoms with Gasteiger partial charge in [-0.3, -0.25) is 4.90 Å². The first kappa shape index (κ1) is 13.2. The van der Waals surface area contributed by atoms with E-state index in [0.29, 0.717) is 6.04 Å². The second-order valence-electron chi connectivity index (χ2n) is 4.09. The largest absolute Gasteiger partial charge is 0.472 e. The zero-order valence-electron chi connectivity index (χ0n) is 10.4. The number of hydrogen-bond donors (Lipinski definition) is 1. The summed E-state index contributed by atoms with van der Waals surface area (Å²) in [6, 6.07) is 2.49.